The van der Waals surface area contributed by atoms with E-state index in [4.69, 9.17) is 0 Å². The first-order chi connectivity index (χ1) is 10.5. The number of anilines is 1. The van der Waals surface area contributed by atoms with Gasteiger partial charge in [-0.3, -0.25) is 9.48 Å². The molecule has 3 heterocycles. The third-order valence-electron chi connectivity index (χ3n) is 4.44. The van der Waals surface area contributed by atoms with Gasteiger partial charge in [0.1, 0.15) is 5.69 Å². The maximum Gasteiger partial charge on any atom is 0.272 e. The van der Waals surface area contributed by atoms with Gasteiger partial charge in [-0.15, -0.1) is 0 Å². The number of carbonyl (C=O) groups excluding carboxylic acids is 1. The van der Waals surface area contributed by atoms with Gasteiger partial charge in [-0.1, -0.05) is 0 Å². The number of sulfone groups is 1. The van der Waals surface area contributed by atoms with Gasteiger partial charge in [0.25, 0.3) is 5.91 Å². The first-order valence-electron chi connectivity index (χ1n) is 7.33. The molecule has 2 aliphatic rings. The van der Waals surface area contributed by atoms with Crippen molar-refractivity contribution in [3.8, 4) is 0 Å². The lowest BCUT2D eigenvalue weighted by Crippen LogP contribution is -2.17. The number of aromatic amines is 1. The Morgan fingerprint density at radius 1 is 1.41 bits per heavy atom. The summed E-state index contributed by atoms with van der Waals surface area (Å²) in [6.07, 6.45) is 8.69. The molecule has 8 heteroatoms. The summed E-state index contributed by atoms with van der Waals surface area (Å²) in [6.45, 7) is 0. The topological polar surface area (TPSA) is 96.8 Å². The quantitative estimate of drug-likeness (QED) is 0.896. The minimum absolute atomic E-state index is 0.0756. The summed E-state index contributed by atoms with van der Waals surface area (Å²) in [4.78, 5) is 15.4. The summed E-state index contributed by atoms with van der Waals surface area (Å²) >= 11 is 0. The van der Waals surface area contributed by atoms with E-state index in [2.05, 4.69) is 15.4 Å². The van der Waals surface area contributed by atoms with Crippen LogP contribution in [0.25, 0.3) is 0 Å². The zero-order valence-corrected chi connectivity index (χ0v) is 12.7. The minimum Gasteiger partial charge on any atom is -0.356 e. The van der Waals surface area contributed by atoms with Crippen LogP contribution in [0.1, 0.15) is 41.4 Å². The maximum atomic E-state index is 12.3. The molecule has 2 aromatic rings. The van der Waals surface area contributed by atoms with Gasteiger partial charge in [0, 0.05) is 18.0 Å². The molecule has 1 aliphatic heterocycles. The second-order valence-electron chi connectivity index (χ2n) is 5.82. The normalized spacial score (nSPS) is 19.6. The van der Waals surface area contributed by atoms with E-state index in [1.54, 1.807) is 6.20 Å². The van der Waals surface area contributed by atoms with Gasteiger partial charge >= 0.3 is 0 Å². The molecule has 0 atom stereocenters. The molecule has 2 N–H and O–H groups in total. The Kier molecular flexibility index (Phi) is 2.90. The van der Waals surface area contributed by atoms with Crippen LogP contribution in [0.3, 0.4) is 0 Å². The summed E-state index contributed by atoms with van der Waals surface area (Å²) in [7, 11) is -3.22. The lowest BCUT2D eigenvalue weighted by Gasteiger charge is -2.25. The van der Waals surface area contributed by atoms with Crippen molar-refractivity contribution in [3.63, 3.8) is 0 Å². The highest BCUT2D eigenvalue weighted by molar-refractivity contribution is 7.91. The van der Waals surface area contributed by atoms with E-state index in [9.17, 15) is 13.2 Å². The number of aromatic nitrogens is 3. The molecule has 22 heavy (non-hydrogen) atoms. The maximum absolute atomic E-state index is 12.3. The van der Waals surface area contributed by atoms with Crippen LogP contribution in [0.15, 0.2) is 23.5 Å². The summed E-state index contributed by atoms with van der Waals surface area (Å²) in [5.74, 6) is -0.252. The fourth-order valence-corrected chi connectivity index (χ4v) is 4.47. The van der Waals surface area contributed by atoms with Gasteiger partial charge in [0.15, 0.2) is 9.84 Å². The van der Waals surface area contributed by atoms with Crippen LogP contribution < -0.4 is 5.32 Å². The molecule has 0 bridgehead atoms. The third-order valence-corrected chi connectivity index (χ3v) is 6.21. The number of hydrogen-bond donors (Lipinski definition) is 2. The molecule has 1 amide bonds. The highest BCUT2D eigenvalue weighted by atomic mass is 32.2. The fraction of sp³-hybridized carbons (Fsp3) is 0.429. The smallest absolute Gasteiger partial charge is 0.272 e. The van der Waals surface area contributed by atoms with Crippen molar-refractivity contribution in [2.24, 2.45) is 0 Å². The van der Waals surface area contributed by atoms with Crippen molar-refractivity contribution in [2.75, 3.05) is 11.1 Å². The average Bonchev–Trinajstić information content (AvgIpc) is 3.06. The highest BCUT2D eigenvalue weighted by Crippen LogP contribution is 2.32. The summed E-state index contributed by atoms with van der Waals surface area (Å²) in [5.41, 5.74) is 1.54. The molecule has 0 unspecified atom stereocenters. The fourth-order valence-electron chi connectivity index (χ4n) is 2.96. The number of hydrogen-bond acceptors (Lipinski definition) is 4. The number of amides is 1. The molecular weight excluding hydrogens is 304 g/mol. The van der Waals surface area contributed by atoms with Crippen molar-refractivity contribution >= 4 is 21.4 Å². The highest BCUT2D eigenvalue weighted by Gasteiger charge is 2.32. The second kappa shape index (κ2) is 4.70. The number of fused-ring (bicyclic) bond motifs is 1. The van der Waals surface area contributed by atoms with Crippen molar-refractivity contribution in [3.05, 3.63) is 29.8 Å². The SMILES string of the molecule is O=C(Nc1cnn(C2CCC2)c1)c1[nH]cc2c1CCS2(=O)=O. The number of rotatable bonds is 3. The molecule has 1 aliphatic carbocycles. The molecule has 1 fully saturated rings. The van der Waals surface area contributed by atoms with Crippen molar-refractivity contribution in [2.45, 2.75) is 36.6 Å². The Hall–Kier alpha value is -2.09. The summed E-state index contributed by atoms with van der Waals surface area (Å²) in [5, 5.41) is 7.04. The van der Waals surface area contributed by atoms with E-state index in [0.29, 0.717) is 29.4 Å². The minimum atomic E-state index is -3.22. The van der Waals surface area contributed by atoms with E-state index in [0.717, 1.165) is 12.8 Å². The Bertz CT molecular complexity index is 845. The van der Waals surface area contributed by atoms with Gasteiger partial charge in [-0.05, 0) is 25.7 Å². The Morgan fingerprint density at radius 2 is 2.23 bits per heavy atom. The van der Waals surface area contributed by atoms with Gasteiger partial charge < -0.3 is 10.3 Å². The van der Waals surface area contributed by atoms with E-state index in [-0.39, 0.29) is 16.6 Å². The first-order valence-corrected chi connectivity index (χ1v) is 8.98. The summed E-state index contributed by atoms with van der Waals surface area (Å²) < 4.78 is 25.5. The third kappa shape index (κ3) is 2.06. The predicted octanol–water partition coefficient (Wildman–Crippen LogP) is 1.52. The average molecular weight is 320 g/mol. The lowest BCUT2D eigenvalue weighted by molar-refractivity contribution is 0.102. The number of H-pyrrole nitrogens is 1. The van der Waals surface area contributed by atoms with Crippen LogP contribution in [-0.4, -0.2) is 34.8 Å². The Morgan fingerprint density at radius 3 is 2.95 bits per heavy atom. The van der Waals surface area contributed by atoms with Crippen LogP contribution >= 0.6 is 0 Å². The molecule has 1 saturated carbocycles. The summed E-state index contributed by atoms with van der Waals surface area (Å²) in [6, 6.07) is 0.436. The molecule has 0 aromatic carbocycles. The van der Waals surface area contributed by atoms with E-state index in [1.165, 1.54) is 12.6 Å². The van der Waals surface area contributed by atoms with Crippen molar-refractivity contribution < 1.29 is 13.2 Å². The predicted molar refractivity (Wildman–Crippen MR) is 79.6 cm³/mol. The lowest BCUT2D eigenvalue weighted by atomic mass is 9.93. The number of carbonyl (C=O) groups is 1. The van der Waals surface area contributed by atoms with Gasteiger partial charge in [-0.2, -0.15) is 5.10 Å². The zero-order chi connectivity index (χ0) is 15.3. The Labute approximate surface area is 127 Å². The molecular formula is C14H16N4O3S. The van der Waals surface area contributed by atoms with Crippen LogP contribution in [0, 0.1) is 0 Å². The van der Waals surface area contributed by atoms with Crippen molar-refractivity contribution in [1.29, 1.82) is 0 Å². The van der Waals surface area contributed by atoms with Gasteiger partial charge in [0.2, 0.25) is 0 Å². The monoisotopic (exact) mass is 320 g/mol. The Balaban J connectivity index is 1.54. The number of nitrogens with one attached hydrogen (secondary N) is 2. The molecule has 0 radical (unpaired) electrons. The number of nitrogens with zero attached hydrogens (tertiary/aromatic N) is 2. The molecule has 7 nitrogen and oxygen atoms in total. The molecule has 4 rings (SSSR count). The van der Waals surface area contributed by atoms with Crippen LogP contribution in [-0.2, 0) is 16.3 Å². The zero-order valence-electron chi connectivity index (χ0n) is 11.9. The van der Waals surface area contributed by atoms with Gasteiger partial charge in [0.05, 0.1) is 28.6 Å². The molecule has 0 saturated heterocycles. The molecule has 2 aromatic heterocycles. The molecule has 0 spiro atoms. The van der Waals surface area contributed by atoms with Crippen molar-refractivity contribution in [1.82, 2.24) is 14.8 Å². The van der Waals surface area contributed by atoms with Crippen LogP contribution in [0.5, 0.6) is 0 Å². The standard InChI is InChI=1S/C14H16N4O3S/c19-14(13-11-4-5-22(20,21)12(11)7-15-13)17-9-6-16-18(8-9)10-2-1-3-10/h6-8,10,15H,1-5H2,(H,17,19). The van der Waals surface area contributed by atoms with E-state index in [1.807, 2.05) is 10.9 Å². The van der Waals surface area contributed by atoms with Crippen LogP contribution in [0.4, 0.5) is 5.69 Å². The van der Waals surface area contributed by atoms with Gasteiger partial charge in [-0.25, -0.2) is 8.42 Å². The first kappa shape index (κ1) is 13.6. The van der Waals surface area contributed by atoms with Crippen LogP contribution in [0.2, 0.25) is 0 Å². The van der Waals surface area contributed by atoms with E-state index >= 15 is 0 Å². The van der Waals surface area contributed by atoms with E-state index < -0.39 is 9.84 Å². The second-order valence-corrected chi connectivity index (χ2v) is 7.90. The molecule has 116 valence electrons. The largest absolute Gasteiger partial charge is 0.356 e.